The summed E-state index contributed by atoms with van der Waals surface area (Å²) < 4.78 is 9.93. The van der Waals surface area contributed by atoms with E-state index in [1.807, 2.05) is 13.0 Å². The molecule has 0 bridgehead atoms. The van der Waals surface area contributed by atoms with Gasteiger partial charge >= 0.3 is 5.97 Å². The Hall–Kier alpha value is -1.67. The molecule has 0 saturated carbocycles. The van der Waals surface area contributed by atoms with E-state index in [2.05, 4.69) is 10.8 Å². The van der Waals surface area contributed by atoms with Crippen LogP contribution in [0.2, 0.25) is 0 Å². The van der Waals surface area contributed by atoms with Gasteiger partial charge in [-0.3, -0.25) is 4.79 Å². The maximum atomic E-state index is 11.3. The largest absolute Gasteiger partial charge is 0.496 e. The summed E-state index contributed by atoms with van der Waals surface area (Å²) in [5.74, 6) is 1.79. The lowest BCUT2D eigenvalue weighted by atomic mass is 10.1. The van der Waals surface area contributed by atoms with Gasteiger partial charge in [-0.1, -0.05) is 6.92 Å². The minimum atomic E-state index is -0.203. The molecule has 5 heteroatoms. The zero-order valence-electron chi connectivity index (χ0n) is 11.3. The van der Waals surface area contributed by atoms with Crippen molar-refractivity contribution in [2.45, 2.75) is 12.7 Å². The van der Waals surface area contributed by atoms with E-state index in [4.69, 9.17) is 10.00 Å². The standard InChI is InChI=1S/C14H17NO3S/c1-10(14(16)18-3)8-19-9-12-6-11(7-15)4-5-13(12)17-2/h4-6,10H,8-9H2,1-3H3. The molecule has 1 atom stereocenters. The Kier molecular flexibility index (Phi) is 6.23. The van der Waals surface area contributed by atoms with Gasteiger partial charge in [0.15, 0.2) is 0 Å². The molecule has 4 nitrogen and oxygen atoms in total. The first kappa shape index (κ1) is 15.4. The topological polar surface area (TPSA) is 59.3 Å². The molecule has 1 aromatic carbocycles. The summed E-state index contributed by atoms with van der Waals surface area (Å²) in [6.45, 7) is 1.84. The summed E-state index contributed by atoms with van der Waals surface area (Å²) in [5.41, 5.74) is 1.57. The molecule has 1 rings (SSSR count). The number of thioether (sulfide) groups is 1. The first-order valence-electron chi connectivity index (χ1n) is 5.85. The molecule has 19 heavy (non-hydrogen) atoms. The molecule has 0 fully saturated rings. The minimum absolute atomic E-state index is 0.139. The molecule has 0 heterocycles. The molecule has 0 spiro atoms. The highest BCUT2D eigenvalue weighted by Crippen LogP contribution is 2.25. The molecular formula is C14H17NO3S. The van der Waals surface area contributed by atoms with Crippen LogP contribution in [0.1, 0.15) is 18.1 Å². The Morgan fingerprint density at radius 1 is 1.47 bits per heavy atom. The summed E-state index contributed by atoms with van der Waals surface area (Å²) in [6, 6.07) is 7.44. The van der Waals surface area contributed by atoms with Crippen molar-refractivity contribution in [3.8, 4) is 11.8 Å². The fourth-order valence-electron chi connectivity index (χ4n) is 1.58. The van der Waals surface area contributed by atoms with Crippen LogP contribution in [0.5, 0.6) is 5.75 Å². The van der Waals surface area contributed by atoms with Gasteiger partial charge in [0.1, 0.15) is 5.75 Å². The van der Waals surface area contributed by atoms with Gasteiger partial charge in [-0.25, -0.2) is 0 Å². The second kappa shape index (κ2) is 7.70. The summed E-state index contributed by atoms with van der Waals surface area (Å²) >= 11 is 1.62. The Bertz CT molecular complexity index is 482. The van der Waals surface area contributed by atoms with Crippen molar-refractivity contribution in [2.75, 3.05) is 20.0 Å². The first-order valence-corrected chi connectivity index (χ1v) is 7.00. The molecule has 1 unspecified atom stereocenters. The maximum Gasteiger partial charge on any atom is 0.309 e. The van der Waals surface area contributed by atoms with Gasteiger partial charge in [0.25, 0.3) is 0 Å². The van der Waals surface area contributed by atoms with Gasteiger partial charge in [0.2, 0.25) is 0 Å². The number of benzene rings is 1. The van der Waals surface area contributed by atoms with Crippen LogP contribution in [0.4, 0.5) is 0 Å². The molecule has 102 valence electrons. The monoisotopic (exact) mass is 279 g/mol. The predicted molar refractivity (Wildman–Crippen MR) is 75.1 cm³/mol. The van der Waals surface area contributed by atoms with Gasteiger partial charge < -0.3 is 9.47 Å². The zero-order chi connectivity index (χ0) is 14.3. The van der Waals surface area contributed by atoms with Crippen molar-refractivity contribution in [2.24, 2.45) is 5.92 Å². The summed E-state index contributed by atoms with van der Waals surface area (Å²) in [6.07, 6.45) is 0. The fourth-order valence-corrected chi connectivity index (χ4v) is 2.63. The van der Waals surface area contributed by atoms with Crippen molar-refractivity contribution in [1.82, 2.24) is 0 Å². The number of ether oxygens (including phenoxy) is 2. The van der Waals surface area contributed by atoms with Crippen LogP contribution >= 0.6 is 11.8 Å². The van der Waals surface area contributed by atoms with E-state index in [0.717, 1.165) is 11.3 Å². The van der Waals surface area contributed by atoms with E-state index < -0.39 is 0 Å². The van der Waals surface area contributed by atoms with E-state index in [9.17, 15) is 4.79 Å². The van der Waals surface area contributed by atoms with Crippen molar-refractivity contribution in [3.05, 3.63) is 29.3 Å². The lowest BCUT2D eigenvalue weighted by Crippen LogP contribution is -2.14. The number of hydrogen-bond acceptors (Lipinski definition) is 5. The van der Waals surface area contributed by atoms with E-state index in [1.165, 1.54) is 7.11 Å². The second-order valence-corrected chi connectivity index (χ2v) is 5.11. The van der Waals surface area contributed by atoms with Crippen molar-refractivity contribution in [1.29, 1.82) is 5.26 Å². The average Bonchev–Trinajstić information content (AvgIpc) is 2.45. The number of nitrogens with zero attached hydrogens (tertiary/aromatic N) is 1. The number of nitriles is 1. The smallest absolute Gasteiger partial charge is 0.309 e. The quantitative estimate of drug-likeness (QED) is 0.749. The summed E-state index contributed by atoms with van der Waals surface area (Å²) in [7, 11) is 3.00. The summed E-state index contributed by atoms with van der Waals surface area (Å²) in [5, 5.41) is 8.89. The predicted octanol–water partition coefficient (Wildman–Crippen LogP) is 2.61. The fraction of sp³-hybridized carbons (Fsp3) is 0.429. The van der Waals surface area contributed by atoms with E-state index in [0.29, 0.717) is 17.1 Å². The Labute approximate surface area is 117 Å². The second-order valence-electron chi connectivity index (χ2n) is 4.08. The molecule has 0 radical (unpaired) electrons. The third kappa shape index (κ3) is 4.49. The van der Waals surface area contributed by atoms with Crippen molar-refractivity contribution >= 4 is 17.7 Å². The highest BCUT2D eigenvalue weighted by molar-refractivity contribution is 7.98. The Balaban J connectivity index is 2.62. The maximum absolute atomic E-state index is 11.3. The van der Waals surface area contributed by atoms with Crippen LogP contribution in [0.25, 0.3) is 0 Å². The van der Waals surface area contributed by atoms with Gasteiger partial charge in [0.05, 0.1) is 31.8 Å². The van der Waals surface area contributed by atoms with Gasteiger partial charge in [-0.05, 0) is 18.2 Å². The van der Waals surface area contributed by atoms with E-state index in [1.54, 1.807) is 31.0 Å². The Morgan fingerprint density at radius 2 is 2.21 bits per heavy atom. The van der Waals surface area contributed by atoms with Crippen LogP contribution in [0.3, 0.4) is 0 Å². The highest BCUT2D eigenvalue weighted by atomic mass is 32.2. The van der Waals surface area contributed by atoms with Gasteiger partial charge in [-0.15, -0.1) is 0 Å². The number of carbonyl (C=O) groups is 1. The van der Waals surface area contributed by atoms with Crippen molar-refractivity contribution < 1.29 is 14.3 Å². The van der Waals surface area contributed by atoms with Gasteiger partial charge in [-0.2, -0.15) is 17.0 Å². The molecular weight excluding hydrogens is 262 g/mol. The number of carbonyl (C=O) groups excluding carboxylic acids is 1. The van der Waals surface area contributed by atoms with Crippen LogP contribution in [-0.4, -0.2) is 25.9 Å². The van der Waals surface area contributed by atoms with Gasteiger partial charge in [0, 0.05) is 17.1 Å². The molecule has 0 N–H and O–H groups in total. The molecule has 1 aromatic rings. The Morgan fingerprint density at radius 3 is 2.79 bits per heavy atom. The minimum Gasteiger partial charge on any atom is -0.496 e. The lowest BCUT2D eigenvalue weighted by Gasteiger charge is -2.11. The number of hydrogen-bond donors (Lipinski definition) is 0. The average molecular weight is 279 g/mol. The highest BCUT2D eigenvalue weighted by Gasteiger charge is 2.13. The van der Waals surface area contributed by atoms with Crippen LogP contribution in [-0.2, 0) is 15.3 Å². The zero-order valence-corrected chi connectivity index (χ0v) is 12.1. The van der Waals surface area contributed by atoms with Crippen molar-refractivity contribution in [3.63, 3.8) is 0 Å². The number of esters is 1. The SMILES string of the molecule is COC(=O)C(C)CSCc1cc(C#N)ccc1OC. The molecule has 0 aliphatic carbocycles. The first-order chi connectivity index (χ1) is 9.12. The molecule has 0 aliphatic rings. The van der Waals surface area contributed by atoms with Crippen LogP contribution in [0.15, 0.2) is 18.2 Å². The molecule has 0 aliphatic heterocycles. The third-order valence-electron chi connectivity index (χ3n) is 2.64. The van der Waals surface area contributed by atoms with E-state index >= 15 is 0 Å². The normalized spacial score (nSPS) is 11.5. The van der Waals surface area contributed by atoms with Crippen LogP contribution in [0, 0.1) is 17.2 Å². The lowest BCUT2D eigenvalue weighted by molar-refractivity contribution is -0.143. The van der Waals surface area contributed by atoms with Crippen LogP contribution < -0.4 is 4.74 Å². The molecule has 0 aromatic heterocycles. The number of rotatable bonds is 6. The molecule has 0 amide bonds. The number of methoxy groups -OCH3 is 2. The molecule has 0 saturated heterocycles. The summed E-state index contributed by atoms with van der Waals surface area (Å²) in [4.78, 5) is 11.3. The van der Waals surface area contributed by atoms with E-state index in [-0.39, 0.29) is 11.9 Å². The third-order valence-corrected chi connectivity index (χ3v) is 3.89.